The molecule has 0 aliphatic rings. The summed E-state index contributed by atoms with van der Waals surface area (Å²) in [6, 6.07) is 18.4. The second-order valence-corrected chi connectivity index (χ2v) is 10.3. The molecule has 238 valence electrons. The maximum Gasteiger partial charge on any atom is 0.405 e. The van der Waals surface area contributed by atoms with Gasteiger partial charge in [0, 0.05) is 30.2 Å². The number of carbonyl (C=O) groups excluding carboxylic acids is 2. The van der Waals surface area contributed by atoms with Gasteiger partial charge in [0.2, 0.25) is 5.71 Å². The van der Waals surface area contributed by atoms with Crippen molar-refractivity contribution in [2.75, 3.05) is 33.1 Å². The van der Waals surface area contributed by atoms with E-state index in [2.05, 4.69) is 15.6 Å². The van der Waals surface area contributed by atoms with Gasteiger partial charge in [0.1, 0.15) is 35.4 Å². The molecule has 5 aromatic rings. The molecule has 0 unspecified atom stereocenters. The summed E-state index contributed by atoms with van der Waals surface area (Å²) in [5.74, 6) is -0.134. The first-order chi connectivity index (χ1) is 22.0. The molecule has 0 saturated carbocycles. The number of alkyl halides is 3. The van der Waals surface area contributed by atoms with E-state index in [1.165, 1.54) is 51.6 Å². The number of ether oxygens (including phenoxy) is 2. The standard InChI is InChI=1S/C34H29F4N3O5/c1-39-32(43)29-26-17-25(31(40-18-34(36,37)38)41-33(26)46-30(29)19-7-10-23(35)11-8-19)20-5-4-6-21(15-20)27(42)13-9-22-16-24(44-2)12-14-28(22)45-3/h4-8,10-12,14-17H,9,13,18H2,1-3H3,(H,39,43)(H,40,41). The molecular formula is C34H29F4N3O5. The number of hydrogen-bond acceptors (Lipinski definition) is 7. The number of carbonyl (C=O) groups is 2. The molecule has 0 saturated heterocycles. The Bertz CT molecular complexity index is 1900. The van der Waals surface area contributed by atoms with E-state index in [4.69, 9.17) is 13.9 Å². The van der Waals surface area contributed by atoms with Crippen LogP contribution in [0.2, 0.25) is 0 Å². The number of aromatic nitrogens is 1. The number of nitrogens with one attached hydrogen (secondary N) is 2. The van der Waals surface area contributed by atoms with Crippen molar-refractivity contribution in [3.63, 3.8) is 0 Å². The van der Waals surface area contributed by atoms with Gasteiger partial charge in [-0.05, 0) is 72.1 Å². The predicted molar refractivity (Wildman–Crippen MR) is 165 cm³/mol. The molecule has 46 heavy (non-hydrogen) atoms. The molecule has 0 aliphatic heterocycles. The van der Waals surface area contributed by atoms with Crippen LogP contribution in [0.15, 0.2) is 77.2 Å². The summed E-state index contributed by atoms with van der Waals surface area (Å²) < 4.78 is 70.1. The average molecular weight is 636 g/mol. The lowest BCUT2D eigenvalue weighted by Crippen LogP contribution is -2.22. The lowest BCUT2D eigenvalue weighted by atomic mass is 9.97. The Balaban J connectivity index is 1.57. The summed E-state index contributed by atoms with van der Waals surface area (Å²) in [6.45, 7) is -1.40. The number of amides is 1. The molecule has 3 aromatic carbocycles. The first-order valence-electron chi connectivity index (χ1n) is 14.1. The van der Waals surface area contributed by atoms with E-state index < -0.39 is 24.4 Å². The third-order valence-corrected chi connectivity index (χ3v) is 7.30. The number of benzene rings is 3. The van der Waals surface area contributed by atoms with Gasteiger partial charge in [-0.3, -0.25) is 9.59 Å². The normalized spacial score (nSPS) is 11.4. The minimum Gasteiger partial charge on any atom is -0.497 e. The number of Topliss-reactive ketones (excluding diaryl/α,β-unsaturated/α-hetero) is 1. The zero-order valence-electron chi connectivity index (χ0n) is 25.0. The number of halogens is 4. The summed E-state index contributed by atoms with van der Waals surface area (Å²) in [7, 11) is 4.49. The molecule has 0 fully saturated rings. The van der Waals surface area contributed by atoms with E-state index in [1.807, 2.05) is 0 Å². The van der Waals surface area contributed by atoms with Crippen molar-refractivity contribution >= 4 is 28.6 Å². The Morgan fingerprint density at radius 3 is 2.37 bits per heavy atom. The summed E-state index contributed by atoms with van der Waals surface area (Å²) in [5, 5.41) is 5.08. The molecule has 5 rings (SSSR count). The lowest BCUT2D eigenvalue weighted by Gasteiger charge is -2.14. The maximum atomic E-state index is 13.6. The molecule has 0 bridgehead atoms. The smallest absolute Gasteiger partial charge is 0.405 e. The second kappa shape index (κ2) is 13.3. The van der Waals surface area contributed by atoms with Crippen LogP contribution in [0.4, 0.5) is 23.4 Å². The zero-order chi connectivity index (χ0) is 33.0. The van der Waals surface area contributed by atoms with Crippen molar-refractivity contribution in [3.8, 4) is 33.9 Å². The fourth-order valence-corrected chi connectivity index (χ4v) is 5.05. The van der Waals surface area contributed by atoms with Gasteiger partial charge in [0.15, 0.2) is 5.78 Å². The molecule has 2 aromatic heterocycles. The summed E-state index contributed by atoms with van der Waals surface area (Å²) in [4.78, 5) is 30.7. The highest BCUT2D eigenvalue weighted by Gasteiger charge is 2.29. The van der Waals surface area contributed by atoms with Gasteiger partial charge in [-0.1, -0.05) is 18.2 Å². The highest BCUT2D eigenvalue weighted by Crippen LogP contribution is 2.38. The van der Waals surface area contributed by atoms with Crippen LogP contribution in [-0.2, 0) is 6.42 Å². The van der Waals surface area contributed by atoms with Crippen LogP contribution in [0.3, 0.4) is 0 Å². The fourth-order valence-electron chi connectivity index (χ4n) is 5.05. The van der Waals surface area contributed by atoms with Crippen LogP contribution in [0, 0.1) is 5.82 Å². The van der Waals surface area contributed by atoms with Gasteiger partial charge < -0.3 is 24.5 Å². The van der Waals surface area contributed by atoms with E-state index in [-0.39, 0.29) is 46.0 Å². The Hall–Kier alpha value is -5.39. The zero-order valence-corrected chi connectivity index (χ0v) is 25.0. The highest BCUT2D eigenvalue weighted by atomic mass is 19.4. The predicted octanol–water partition coefficient (Wildman–Crippen LogP) is 7.47. The second-order valence-electron chi connectivity index (χ2n) is 10.3. The number of fused-ring (bicyclic) bond motifs is 1. The van der Waals surface area contributed by atoms with Crippen LogP contribution in [0.5, 0.6) is 11.5 Å². The molecule has 0 aliphatic carbocycles. The van der Waals surface area contributed by atoms with Crippen molar-refractivity contribution in [3.05, 3.63) is 95.3 Å². The minimum atomic E-state index is -4.57. The van der Waals surface area contributed by atoms with E-state index in [0.29, 0.717) is 34.6 Å². The SMILES string of the molecule is CNC(=O)c1c(-c2ccc(F)cc2)oc2nc(NCC(F)(F)F)c(-c3cccc(C(=O)CCc4cc(OC)ccc4OC)c3)cc12. The lowest BCUT2D eigenvalue weighted by molar-refractivity contribution is -0.115. The Morgan fingerprint density at radius 2 is 1.70 bits per heavy atom. The van der Waals surface area contributed by atoms with Crippen molar-refractivity contribution in [1.29, 1.82) is 0 Å². The minimum absolute atomic E-state index is 0.0673. The maximum absolute atomic E-state index is 13.6. The Kier molecular flexibility index (Phi) is 9.26. The molecule has 2 heterocycles. The average Bonchev–Trinajstić information content (AvgIpc) is 3.43. The topological polar surface area (TPSA) is 103 Å². The number of hydrogen-bond donors (Lipinski definition) is 2. The van der Waals surface area contributed by atoms with Crippen LogP contribution in [0.1, 0.15) is 32.7 Å². The Morgan fingerprint density at radius 1 is 0.935 bits per heavy atom. The number of nitrogens with zero attached hydrogens (tertiary/aromatic N) is 1. The molecule has 0 radical (unpaired) electrons. The fraction of sp³-hybridized carbons (Fsp3) is 0.206. The van der Waals surface area contributed by atoms with Crippen molar-refractivity contribution < 1.29 is 41.0 Å². The van der Waals surface area contributed by atoms with Crippen LogP contribution in [-0.4, -0.2) is 50.7 Å². The number of furan rings is 1. The van der Waals surface area contributed by atoms with Crippen molar-refractivity contribution in [2.45, 2.75) is 19.0 Å². The van der Waals surface area contributed by atoms with Crippen molar-refractivity contribution in [1.82, 2.24) is 10.3 Å². The van der Waals surface area contributed by atoms with E-state index in [1.54, 1.807) is 42.5 Å². The number of rotatable bonds is 11. The van der Waals surface area contributed by atoms with Gasteiger partial charge in [0.05, 0.1) is 25.2 Å². The number of anilines is 1. The molecular weight excluding hydrogens is 606 g/mol. The first-order valence-corrected chi connectivity index (χ1v) is 14.1. The molecule has 2 N–H and O–H groups in total. The largest absolute Gasteiger partial charge is 0.497 e. The number of aryl methyl sites for hydroxylation is 1. The Labute approximate surface area is 261 Å². The molecule has 0 spiro atoms. The summed E-state index contributed by atoms with van der Waals surface area (Å²) >= 11 is 0. The summed E-state index contributed by atoms with van der Waals surface area (Å²) in [6.07, 6.45) is -4.10. The number of methoxy groups -OCH3 is 2. The number of pyridine rings is 1. The highest BCUT2D eigenvalue weighted by molar-refractivity contribution is 6.11. The van der Waals surface area contributed by atoms with Gasteiger partial charge >= 0.3 is 6.18 Å². The first kappa shape index (κ1) is 32.0. The van der Waals surface area contributed by atoms with E-state index >= 15 is 0 Å². The molecule has 8 nitrogen and oxygen atoms in total. The third-order valence-electron chi connectivity index (χ3n) is 7.30. The summed E-state index contributed by atoms with van der Waals surface area (Å²) in [5.41, 5.74) is 2.02. The van der Waals surface area contributed by atoms with Crippen molar-refractivity contribution in [2.24, 2.45) is 0 Å². The van der Waals surface area contributed by atoms with Gasteiger partial charge in [-0.2, -0.15) is 18.2 Å². The quantitative estimate of drug-likeness (QED) is 0.115. The van der Waals surface area contributed by atoms with Gasteiger partial charge in [-0.25, -0.2) is 4.39 Å². The van der Waals surface area contributed by atoms with E-state index in [9.17, 15) is 27.2 Å². The van der Waals surface area contributed by atoms with E-state index in [0.717, 1.165) is 5.56 Å². The molecule has 1 amide bonds. The monoisotopic (exact) mass is 635 g/mol. The third kappa shape index (κ3) is 6.96. The van der Waals surface area contributed by atoms with Crippen LogP contribution < -0.4 is 20.1 Å². The van der Waals surface area contributed by atoms with Gasteiger partial charge in [-0.15, -0.1) is 0 Å². The van der Waals surface area contributed by atoms with Crippen LogP contribution >= 0.6 is 0 Å². The van der Waals surface area contributed by atoms with Gasteiger partial charge in [0.25, 0.3) is 5.91 Å². The number of ketones is 1. The molecule has 12 heteroatoms. The van der Waals surface area contributed by atoms with Crippen LogP contribution in [0.25, 0.3) is 33.6 Å². The molecule has 0 atom stereocenters.